The zero-order chi connectivity index (χ0) is 30.3. The van der Waals surface area contributed by atoms with Gasteiger partial charge in [-0.15, -0.1) is 0 Å². The number of hydrogen-bond acceptors (Lipinski definition) is 7. The number of nitrogens with zero attached hydrogens (tertiary/aromatic N) is 1. The number of carbonyl (C=O) groups excluding carboxylic acids is 4. The maximum Gasteiger partial charge on any atom is 0.313 e. The number of para-hydroxylation sites is 1. The molecule has 3 N–H and O–H groups in total. The molecule has 2 aromatic carbocycles. The van der Waals surface area contributed by atoms with Crippen molar-refractivity contribution in [3.63, 3.8) is 0 Å². The molecule has 1 fully saturated rings. The van der Waals surface area contributed by atoms with Gasteiger partial charge in [-0.25, -0.2) is 8.78 Å². The van der Waals surface area contributed by atoms with Crippen LogP contribution in [0.2, 0.25) is 5.02 Å². The largest absolute Gasteiger partial charge is 0.481 e. The third-order valence-electron chi connectivity index (χ3n) is 5.75. The highest BCUT2D eigenvalue weighted by Gasteiger charge is 2.33. The minimum absolute atomic E-state index is 0.0540. The van der Waals surface area contributed by atoms with E-state index in [1.54, 1.807) is 12.1 Å². The second-order valence-corrected chi connectivity index (χ2v) is 9.08. The van der Waals surface area contributed by atoms with Crippen molar-refractivity contribution in [1.29, 1.82) is 0 Å². The van der Waals surface area contributed by atoms with E-state index >= 15 is 0 Å². The van der Waals surface area contributed by atoms with Gasteiger partial charge in [0.25, 0.3) is 0 Å². The topological polar surface area (TPSA) is 151 Å². The maximum atomic E-state index is 13.8. The summed E-state index contributed by atoms with van der Waals surface area (Å²) >= 11 is 5.98. The van der Waals surface area contributed by atoms with Crippen LogP contribution in [0, 0.1) is 29.2 Å². The Labute approximate surface area is 234 Å². The van der Waals surface area contributed by atoms with Gasteiger partial charge in [-0.05, 0) is 12.1 Å². The van der Waals surface area contributed by atoms with Gasteiger partial charge >= 0.3 is 17.8 Å². The quantitative estimate of drug-likeness (QED) is 0.223. The van der Waals surface area contributed by atoms with Crippen LogP contribution in [0.1, 0.15) is 6.42 Å². The highest BCUT2D eigenvalue weighted by atomic mass is 35.5. The van der Waals surface area contributed by atoms with Crippen LogP contribution in [0.5, 0.6) is 5.75 Å². The highest BCUT2D eigenvalue weighted by Crippen LogP contribution is 2.26. The monoisotopic (exact) mass is 603 g/mol. The lowest BCUT2D eigenvalue weighted by Gasteiger charge is -2.24. The van der Waals surface area contributed by atoms with E-state index in [4.69, 9.17) is 21.4 Å². The number of ether oxygens (including phenoxy) is 2. The van der Waals surface area contributed by atoms with E-state index in [9.17, 15) is 41.5 Å². The molecule has 0 unspecified atom stereocenters. The van der Waals surface area contributed by atoms with Crippen LogP contribution in [0.15, 0.2) is 30.3 Å². The molecule has 2 aromatic rings. The van der Waals surface area contributed by atoms with Crippen molar-refractivity contribution in [2.45, 2.75) is 12.5 Å². The van der Waals surface area contributed by atoms with E-state index in [1.165, 1.54) is 12.1 Å². The third kappa shape index (κ3) is 8.14. The smallest absolute Gasteiger partial charge is 0.313 e. The number of carboxylic acids is 1. The Morgan fingerprint density at radius 2 is 1.76 bits per heavy atom. The number of carbonyl (C=O) groups is 5. The van der Waals surface area contributed by atoms with Gasteiger partial charge < -0.3 is 30.1 Å². The SMILES string of the molecule is O=C(O)C[C@H](NC(=O)[C@@H]1COCCN(C(=O)C(=O)Nc2ccccc2Cl)C1)C(=O)COc1c(F)c(F)cc(F)c1F. The second-order valence-electron chi connectivity index (χ2n) is 8.67. The molecule has 1 aliphatic heterocycles. The summed E-state index contributed by atoms with van der Waals surface area (Å²) in [4.78, 5) is 63.1. The number of amides is 3. The molecule has 0 aromatic heterocycles. The summed E-state index contributed by atoms with van der Waals surface area (Å²) in [5.74, 6) is -15.9. The molecule has 11 nitrogen and oxygen atoms in total. The Bertz CT molecular complexity index is 1340. The van der Waals surface area contributed by atoms with Gasteiger partial charge in [0, 0.05) is 19.2 Å². The van der Waals surface area contributed by atoms with E-state index in [-0.39, 0.29) is 43.1 Å². The van der Waals surface area contributed by atoms with Crippen LogP contribution in [-0.2, 0) is 28.7 Å². The van der Waals surface area contributed by atoms with Crippen LogP contribution < -0.4 is 15.4 Å². The lowest BCUT2D eigenvalue weighted by molar-refractivity contribution is -0.144. The van der Waals surface area contributed by atoms with E-state index in [2.05, 4.69) is 15.4 Å². The van der Waals surface area contributed by atoms with Gasteiger partial charge in [0.15, 0.2) is 23.2 Å². The van der Waals surface area contributed by atoms with Gasteiger partial charge in [-0.2, -0.15) is 8.78 Å². The highest BCUT2D eigenvalue weighted by molar-refractivity contribution is 6.41. The molecule has 41 heavy (non-hydrogen) atoms. The summed E-state index contributed by atoms with van der Waals surface area (Å²) in [6.07, 6.45) is -0.993. The minimum Gasteiger partial charge on any atom is -0.481 e. The predicted molar refractivity (Wildman–Crippen MR) is 132 cm³/mol. The van der Waals surface area contributed by atoms with Crippen LogP contribution >= 0.6 is 11.6 Å². The Morgan fingerprint density at radius 1 is 1.10 bits per heavy atom. The Kier molecular flexibility index (Phi) is 10.6. The molecular weight excluding hydrogens is 582 g/mol. The molecule has 1 aliphatic rings. The van der Waals surface area contributed by atoms with Crippen LogP contribution in [0.3, 0.4) is 0 Å². The lowest BCUT2D eigenvalue weighted by atomic mass is 10.1. The number of Topliss-reactive ketones (excluding diaryl/α,β-unsaturated/α-hetero) is 1. The number of hydrogen-bond donors (Lipinski definition) is 3. The fourth-order valence-electron chi connectivity index (χ4n) is 3.67. The van der Waals surface area contributed by atoms with E-state index in [0.717, 1.165) is 4.90 Å². The van der Waals surface area contributed by atoms with Crippen molar-refractivity contribution >= 4 is 46.8 Å². The van der Waals surface area contributed by atoms with Crippen molar-refractivity contribution in [3.8, 4) is 5.75 Å². The summed E-state index contributed by atoms with van der Waals surface area (Å²) in [5, 5.41) is 13.9. The molecule has 0 aliphatic carbocycles. The number of ketones is 1. The fourth-order valence-corrected chi connectivity index (χ4v) is 3.85. The molecular formula is C25H22ClF4N3O8. The Balaban J connectivity index is 1.67. The first-order chi connectivity index (χ1) is 19.4. The van der Waals surface area contributed by atoms with Crippen LogP contribution in [-0.4, -0.2) is 78.4 Å². The molecule has 0 saturated carbocycles. The molecule has 0 bridgehead atoms. The summed E-state index contributed by atoms with van der Waals surface area (Å²) in [7, 11) is 0. The van der Waals surface area contributed by atoms with Gasteiger partial charge in [-0.3, -0.25) is 24.0 Å². The normalized spacial score (nSPS) is 15.8. The summed E-state index contributed by atoms with van der Waals surface area (Å²) in [6, 6.07) is 4.27. The average Bonchev–Trinajstić information content (AvgIpc) is 3.18. The number of halogens is 5. The zero-order valence-electron chi connectivity index (χ0n) is 20.9. The van der Waals surface area contributed by atoms with Crippen molar-refractivity contribution in [2.75, 3.05) is 38.2 Å². The number of carboxylic acid groups (broad SMARTS) is 1. The Hall–Kier alpha value is -4.24. The summed E-state index contributed by atoms with van der Waals surface area (Å²) in [6.45, 7) is -2.02. The minimum atomic E-state index is -1.92. The van der Waals surface area contributed by atoms with E-state index < -0.39 is 83.5 Å². The fraction of sp³-hybridized carbons (Fsp3) is 0.320. The molecule has 3 rings (SSSR count). The molecule has 3 amide bonds. The van der Waals surface area contributed by atoms with Crippen molar-refractivity contribution < 1.29 is 56.1 Å². The number of benzene rings is 2. The van der Waals surface area contributed by atoms with E-state index in [0.29, 0.717) is 0 Å². The van der Waals surface area contributed by atoms with Gasteiger partial charge in [0.1, 0.15) is 12.6 Å². The van der Waals surface area contributed by atoms with E-state index in [1.807, 2.05) is 0 Å². The maximum absolute atomic E-state index is 13.8. The second kappa shape index (κ2) is 13.9. The van der Waals surface area contributed by atoms with Crippen LogP contribution in [0.25, 0.3) is 0 Å². The molecule has 220 valence electrons. The third-order valence-corrected chi connectivity index (χ3v) is 6.08. The molecule has 1 saturated heterocycles. The van der Waals surface area contributed by atoms with Crippen molar-refractivity contribution in [2.24, 2.45) is 5.92 Å². The van der Waals surface area contributed by atoms with Gasteiger partial charge in [0.05, 0.1) is 36.3 Å². The number of aliphatic carboxylic acids is 1. The first kappa shape index (κ1) is 31.3. The van der Waals surface area contributed by atoms with Crippen molar-refractivity contribution in [3.05, 3.63) is 58.6 Å². The first-order valence-corrected chi connectivity index (χ1v) is 12.2. The van der Waals surface area contributed by atoms with Crippen LogP contribution in [0.4, 0.5) is 23.2 Å². The summed E-state index contributed by atoms with van der Waals surface area (Å²) < 4.78 is 64.4. The Morgan fingerprint density at radius 3 is 2.39 bits per heavy atom. The number of nitrogens with one attached hydrogen (secondary N) is 2. The first-order valence-electron chi connectivity index (χ1n) is 11.8. The van der Waals surface area contributed by atoms with Crippen molar-refractivity contribution in [1.82, 2.24) is 10.2 Å². The van der Waals surface area contributed by atoms with Gasteiger partial charge in [0.2, 0.25) is 17.5 Å². The molecule has 0 radical (unpaired) electrons. The number of anilines is 1. The molecule has 1 heterocycles. The lowest BCUT2D eigenvalue weighted by Crippen LogP contribution is -2.50. The molecule has 0 spiro atoms. The predicted octanol–water partition coefficient (Wildman–Crippen LogP) is 1.92. The number of rotatable bonds is 9. The average molecular weight is 604 g/mol. The standard InChI is InChI=1S/C25H22ClF4N3O8/c26-13-3-1-2-4-16(13)31-24(38)25(39)33-5-6-40-10-12(9-33)23(37)32-17(8-19(35)36)18(34)11-41-22-20(29)14(27)7-15(28)21(22)30/h1-4,7,12,17H,5-6,8-11H2,(H,31,38)(H,32,37)(H,35,36)/t12-,17-/m0/s1. The van der Waals surface area contributed by atoms with Gasteiger partial charge in [-0.1, -0.05) is 23.7 Å². The molecule has 16 heteroatoms. The molecule has 2 atom stereocenters. The zero-order valence-corrected chi connectivity index (χ0v) is 21.7. The summed E-state index contributed by atoms with van der Waals surface area (Å²) in [5.41, 5.74) is 0.172.